The molecule has 31 heavy (non-hydrogen) atoms. The number of alkyl halides is 3. The van der Waals surface area contributed by atoms with Crippen molar-refractivity contribution >= 4 is 38.7 Å². The molecule has 2 N–H and O–H groups in total. The second-order valence-corrected chi connectivity index (χ2v) is 9.34. The molecule has 0 saturated carbocycles. The maximum absolute atomic E-state index is 12.8. The Morgan fingerprint density at radius 1 is 0.871 bits per heavy atom. The maximum Gasteiger partial charge on any atom is 0.573 e. The largest absolute Gasteiger partial charge is 0.573 e. The van der Waals surface area contributed by atoms with Crippen LogP contribution in [-0.4, -0.2) is 37.3 Å². The van der Waals surface area contributed by atoms with Crippen molar-refractivity contribution in [3.05, 3.63) is 48.5 Å². The molecule has 0 aliphatic carbocycles. The van der Waals surface area contributed by atoms with Crippen LogP contribution in [0.4, 0.5) is 24.5 Å². The number of halogens is 3. The zero-order valence-corrected chi connectivity index (χ0v) is 18.1. The summed E-state index contributed by atoms with van der Waals surface area (Å²) < 4.78 is 67.6. The third-order valence-corrected chi connectivity index (χ3v) is 6.78. The summed E-state index contributed by atoms with van der Waals surface area (Å²) in [7, 11) is -3.53. The van der Waals surface area contributed by atoms with Gasteiger partial charge < -0.3 is 15.4 Å². The molecule has 0 aromatic heterocycles. The summed E-state index contributed by atoms with van der Waals surface area (Å²) in [5.41, 5.74) is 1.04. The Morgan fingerprint density at radius 2 is 1.35 bits per heavy atom. The van der Waals surface area contributed by atoms with E-state index >= 15 is 0 Å². The summed E-state index contributed by atoms with van der Waals surface area (Å²) in [6.07, 6.45) is -0.947. The molecular weight excluding hydrogens is 451 g/mol. The van der Waals surface area contributed by atoms with Crippen LogP contribution in [0.5, 0.6) is 5.75 Å². The molecule has 0 spiro atoms. The highest BCUT2D eigenvalue weighted by Gasteiger charge is 2.31. The number of nitrogens with zero attached hydrogens (tertiary/aromatic N) is 1. The van der Waals surface area contributed by atoms with Crippen LogP contribution in [0.25, 0.3) is 0 Å². The van der Waals surface area contributed by atoms with Gasteiger partial charge in [-0.1, -0.05) is 12.8 Å². The molecule has 0 amide bonds. The van der Waals surface area contributed by atoms with Gasteiger partial charge in [-0.25, -0.2) is 8.42 Å². The lowest BCUT2D eigenvalue weighted by Crippen LogP contribution is -2.31. The normalized spacial score (nSPS) is 15.7. The molecule has 1 aliphatic heterocycles. The van der Waals surface area contributed by atoms with E-state index in [1.54, 1.807) is 12.1 Å². The second-order valence-electron chi connectivity index (χ2n) is 6.99. The minimum Gasteiger partial charge on any atom is -0.406 e. The Kier molecular flexibility index (Phi) is 7.39. The number of hydrogen-bond donors (Lipinski definition) is 2. The van der Waals surface area contributed by atoms with Crippen LogP contribution in [0, 0.1) is 0 Å². The molecule has 168 valence electrons. The number of anilines is 2. The van der Waals surface area contributed by atoms with Crippen molar-refractivity contribution in [2.24, 2.45) is 0 Å². The number of nitrogens with one attached hydrogen (secondary N) is 2. The quantitative estimate of drug-likeness (QED) is 0.599. The van der Waals surface area contributed by atoms with E-state index in [1.165, 1.54) is 40.7 Å². The molecule has 0 bridgehead atoms. The fourth-order valence-electron chi connectivity index (χ4n) is 3.17. The highest BCUT2D eigenvalue weighted by Crippen LogP contribution is 2.25. The molecule has 1 fully saturated rings. The van der Waals surface area contributed by atoms with Gasteiger partial charge in [-0.3, -0.25) is 0 Å². The van der Waals surface area contributed by atoms with Gasteiger partial charge in [0.2, 0.25) is 10.0 Å². The summed E-state index contributed by atoms with van der Waals surface area (Å²) in [6.45, 7) is 1.06. The van der Waals surface area contributed by atoms with Crippen LogP contribution in [0.2, 0.25) is 0 Å². The van der Waals surface area contributed by atoms with E-state index in [0.29, 0.717) is 24.5 Å². The first-order chi connectivity index (χ1) is 14.6. The molecule has 11 heteroatoms. The molecule has 6 nitrogen and oxygen atoms in total. The SMILES string of the molecule is O=S(=O)(c1ccc(NC(=S)Nc2ccc(OC(F)(F)F)cc2)cc1)N1CCCCCC1. The van der Waals surface area contributed by atoms with Crippen LogP contribution >= 0.6 is 12.2 Å². The predicted octanol–water partition coefficient (Wildman–Crippen LogP) is 4.96. The summed E-state index contributed by atoms with van der Waals surface area (Å²) in [5, 5.41) is 5.95. The average Bonchev–Trinajstić information content (AvgIpc) is 2.99. The predicted molar refractivity (Wildman–Crippen MR) is 117 cm³/mol. The second kappa shape index (κ2) is 9.84. The van der Waals surface area contributed by atoms with Crippen molar-refractivity contribution in [3.8, 4) is 5.75 Å². The monoisotopic (exact) mass is 473 g/mol. The van der Waals surface area contributed by atoms with Gasteiger partial charge in [0.25, 0.3) is 0 Å². The number of sulfonamides is 1. The highest BCUT2D eigenvalue weighted by molar-refractivity contribution is 7.89. The van der Waals surface area contributed by atoms with Crippen molar-refractivity contribution in [1.82, 2.24) is 4.31 Å². The Labute approximate surface area is 184 Å². The van der Waals surface area contributed by atoms with Gasteiger partial charge in [0.1, 0.15) is 5.75 Å². The summed E-state index contributed by atoms with van der Waals surface area (Å²) in [5.74, 6) is -0.335. The fourth-order valence-corrected chi connectivity index (χ4v) is 4.93. The van der Waals surface area contributed by atoms with Gasteiger partial charge in [0, 0.05) is 24.5 Å². The summed E-state index contributed by atoms with van der Waals surface area (Å²) >= 11 is 5.20. The Balaban J connectivity index is 1.58. The van der Waals surface area contributed by atoms with Crippen molar-refractivity contribution in [3.63, 3.8) is 0 Å². The van der Waals surface area contributed by atoms with Gasteiger partial charge >= 0.3 is 6.36 Å². The molecule has 3 rings (SSSR count). The number of thiocarbonyl (C=S) groups is 1. The van der Waals surface area contributed by atoms with Crippen molar-refractivity contribution < 1.29 is 26.3 Å². The standard InChI is InChI=1S/C20H22F3N3O3S2/c21-20(22,23)29-17-9-5-15(6-10-17)24-19(30)25-16-7-11-18(12-8-16)31(27,28)26-13-3-1-2-4-14-26/h5-12H,1-4,13-14H2,(H2,24,25,30). The van der Waals surface area contributed by atoms with Crippen molar-refractivity contribution in [2.75, 3.05) is 23.7 Å². The van der Waals surface area contributed by atoms with Crippen LogP contribution < -0.4 is 15.4 Å². The van der Waals surface area contributed by atoms with Crippen molar-refractivity contribution in [1.29, 1.82) is 0 Å². The zero-order valence-electron chi connectivity index (χ0n) is 16.5. The minimum absolute atomic E-state index is 0.201. The van der Waals surface area contributed by atoms with Gasteiger partial charge in [-0.05, 0) is 73.6 Å². The minimum atomic E-state index is -4.75. The maximum atomic E-state index is 12.8. The number of rotatable bonds is 5. The zero-order chi connectivity index (χ0) is 22.5. The van der Waals surface area contributed by atoms with Crippen LogP contribution in [0.1, 0.15) is 25.7 Å². The van der Waals surface area contributed by atoms with E-state index in [9.17, 15) is 21.6 Å². The molecule has 0 radical (unpaired) electrons. The molecule has 0 unspecified atom stereocenters. The first-order valence-electron chi connectivity index (χ1n) is 9.67. The topological polar surface area (TPSA) is 70.7 Å². The lowest BCUT2D eigenvalue weighted by atomic mass is 10.2. The van der Waals surface area contributed by atoms with Gasteiger partial charge in [0.15, 0.2) is 5.11 Å². The molecule has 2 aromatic rings. The van der Waals surface area contributed by atoms with Gasteiger partial charge in [-0.15, -0.1) is 13.2 Å². The number of hydrogen-bond acceptors (Lipinski definition) is 4. The van der Waals surface area contributed by atoms with Gasteiger partial charge in [-0.2, -0.15) is 4.31 Å². The Morgan fingerprint density at radius 3 is 1.84 bits per heavy atom. The van der Waals surface area contributed by atoms with Crippen LogP contribution in [0.3, 0.4) is 0 Å². The first kappa shape index (κ1) is 23.3. The Hall–Kier alpha value is -2.37. The lowest BCUT2D eigenvalue weighted by molar-refractivity contribution is -0.274. The molecule has 1 saturated heterocycles. The van der Waals surface area contributed by atoms with Crippen molar-refractivity contribution in [2.45, 2.75) is 36.9 Å². The van der Waals surface area contributed by atoms with Gasteiger partial charge in [0.05, 0.1) is 4.90 Å². The molecular formula is C20H22F3N3O3S2. The van der Waals surface area contributed by atoms with E-state index in [0.717, 1.165) is 25.7 Å². The van der Waals surface area contributed by atoms with E-state index < -0.39 is 16.4 Å². The summed E-state index contributed by atoms with van der Waals surface area (Å²) in [4.78, 5) is 0.221. The molecule has 1 aliphatic rings. The molecule has 1 heterocycles. The number of benzene rings is 2. The smallest absolute Gasteiger partial charge is 0.406 e. The van der Waals surface area contributed by atoms with Crippen LogP contribution in [0.15, 0.2) is 53.4 Å². The third-order valence-electron chi connectivity index (χ3n) is 4.66. The van der Waals surface area contributed by atoms with Crippen LogP contribution in [-0.2, 0) is 10.0 Å². The molecule has 2 aromatic carbocycles. The molecule has 0 atom stereocenters. The fraction of sp³-hybridized carbons (Fsp3) is 0.350. The van der Waals surface area contributed by atoms with E-state index in [4.69, 9.17) is 12.2 Å². The van der Waals surface area contributed by atoms with E-state index in [2.05, 4.69) is 15.4 Å². The average molecular weight is 474 g/mol. The van der Waals surface area contributed by atoms with E-state index in [-0.39, 0.29) is 15.8 Å². The highest BCUT2D eigenvalue weighted by atomic mass is 32.2. The van der Waals surface area contributed by atoms with E-state index in [1.807, 2.05) is 0 Å². The Bertz CT molecular complexity index is 987. The number of ether oxygens (including phenoxy) is 1. The first-order valence-corrected chi connectivity index (χ1v) is 11.5. The lowest BCUT2D eigenvalue weighted by Gasteiger charge is -2.20. The third kappa shape index (κ3) is 6.81. The summed E-state index contributed by atoms with van der Waals surface area (Å²) in [6, 6.07) is 11.4.